The van der Waals surface area contributed by atoms with E-state index in [-0.39, 0.29) is 0 Å². The number of rotatable bonds is 3. The summed E-state index contributed by atoms with van der Waals surface area (Å²) >= 11 is 0. The van der Waals surface area contributed by atoms with Crippen LogP contribution in [0.4, 0.5) is 11.6 Å². The van der Waals surface area contributed by atoms with E-state index in [1.807, 2.05) is 49.5 Å². The molecule has 0 spiro atoms. The van der Waals surface area contributed by atoms with Gasteiger partial charge in [0.05, 0.1) is 11.4 Å². The normalized spacial score (nSPS) is 14.6. The minimum absolute atomic E-state index is 0.769. The van der Waals surface area contributed by atoms with Crippen molar-refractivity contribution in [2.24, 2.45) is 0 Å². The summed E-state index contributed by atoms with van der Waals surface area (Å²) in [6, 6.07) is 13.9. The minimum Gasteiger partial charge on any atom is -0.353 e. The van der Waals surface area contributed by atoms with Gasteiger partial charge in [0.15, 0.2) is 0 Å². The van der Waals surface area contributed by atoms with Crippen molar-refractivity contribution < 1.29 is 0 Å². The molecule has 25 heavy (non-hydrogen) atoms. The molecule has 0 unspecified atom stereocenters. The van der Waals surface area contributed by atoms with Crippen LogP contribution in [0.1, 0.15) is 5.82 Å². The van der Waals surface area contributed by atoms with Crippen molar-refractivity contribution in [1.29, 1.82) is 0 Å². The third-order valence-electron chi connectivity index (χ3n) is 4.33. The Labute approximate surface area is 147 Å². The monoisotopic (exact) mass is 332 g/mol. The van der Waals surface area contributed by atoms with Gasteiger partial charge in [0.1, 0.15) is 17.5 Å². The van der Waals surface area contributed by atoms with Gasteiger partial charge in [-0.05, 0) is 31.2 Å². The van der Waals surface area contributed by atoms with Crippen molar-refractivity contribution in [3.05, 3.63) is 60.7 Å². The smallest absolute Gasteiger partial charge is 0.133 e. The zero-order valence-corrected chi connectivity index (χ0v) is 14.2. The van der Waals surface area contributed by atoms with E-state index in [0.717, 1.165) is 55.0 Å². The molecule has 0 bridgehead atoms. The first-order valence-corrected chi connectivity index (χ1v) is 8.47. The molecule has 1 saturated heterocycles. The van der Waals surface area contributed by atoms with Gasteiger partial charge in [-0.25, -0.2) is 15.0 Å². The lowest BCUT2D eigenvalue weighted by Gasteiger charge is -2.36. The van der Waals surface area contributed by atoms with E-state index in [2.05, 4.69) is 35.8 Å². The SMILES string of the molecule is Cc1nc(-c2ccccn2)cc(N2CCN(c3ccccn3)CC2)n1. The molecule has 3 aromatic rings. The van der Waals surface area contributed by atoms with E-state index in [1.165, 1.54) is 0 Å². The van der Waals surface area contributed by atoms with Gasteiger partial charge in [0.25, 0.3) is 0 Å². The molecule has 4 heterocycles. The van der Waals surface area contributed by atoms with Gasteiger partial charge in [-0.3, -0.25) is 4.98 Å². The summed E-state index contributed by atoms with van der Waals surface area (Å²) in [5.74, 6) is 2.77. The van der Waals surface area contributed by atoms with Gasteiger partial charge >= 0.3 is 0 Å². The zero-order valence-electron chi connectivity index (χ0n) is 14.2. The van der Waals surface area contributed by atoms with Crippen LogP contribution in [0.2, 0.25) is 0 Å². The lowest BCUT2D eigenvalue weighted by molar-refractivity contribution is 0.640. The van der Waals surface area contributed by atoms with Gasteiger partial charge in [-0.1, -0.05) is 12.1 Å². The number of aryl methyl sites for hydroxylation is 1. The molecule has 0 amide bonds. The predicted octanol–water partition coefficient (Wildman–Crippen LogP) is 2.57. The number of anilines is 2. The number of piperazine rings is 1. The van der Waals surface area contributed by atoms with Crippen molar-refractivity contribution in [3.8, 4) is 11.4 Å². The molecule has 1 aliphatic rings. The zero-order chi connectivity index (χ0) is 17.1. The number of hydrogen-bond acceptors (Lipinski definition) is 6. The molecule has 4 rings (SSSR count). The van der Waals surface area contributed by atoms with Crippen molar-refractivity contribution in [3.63, 3.8) is 0 Å². The van der Waals surface area contributed by atoms with Gasteiger partial charge in [0, 0.05) is 44.6 Å². The highest BCUT2D eigenvalue weighted by Crippen LogP contribution is 2.22. The molecule has 0 radical (unpaired) electrons. The van der Waals surface area contributed by atoms with Crippen molar-refractivity contribution >= 4 is 11.6 Å². The van der Waals surface area contributed by atoms with E-state index < -0.39 is 0 Å². The van der Waals surface area contributed by atoms with Crippen LogP contribution < -0.4 is 9.80 Å². The molecule has 0 aliphatic carbocycles. The van der Waals surface area contributed by atoms with Crippen molar-refractivity contribution in [2.75, 3.05) is 36.0 Å². The molecule has 126 valence electrons. The molecular formula is C19H20N6. The standard InChI is InChI=1S/C19H20N6/c1-15-22-17(16-6-2-4-8-20-16)14-19(23-15)25-12-10-24(11-13-25)18-7-3-5-9-21-18/h2-9,14H,10-13H2,1H3. The van der Waals surface area contributed by atoms with Gasteiger partial charge < -0.3 is 9.80 Å². The molecule has 6 heteroatoms. The van der Waals surface area contributed by atoms with Crippen LogP contribution in [0.15, 0.2) is 54.9 Å². The first-order valence-electron chi connectivity index (χ1n) is 8.47. The van der Waals surface area contributed by atoms with Crippen LogP contribution in [0.25, 0.3) is 11.4 Å². The Bertz CT molecular complexity index is 829. The summed E-state index contributed by atoms with van der Waals surface area (Å²) in [6.45, 7) is 5.61. The average Bonchev–Trinajstić information content (AvgIpc) is 2.69. The largest absolute Gasteiger partial charge is 0.353 e. The van der Waals surface area contributed by atoms with Gasteiger partial charge in [-0.15, -0.1) is 0 Å². The summed E-state index contributed by atoms with van der Waals surface area (Å²) in [5.41, 5.74) is 1.75. The van der Waals surface area contributed by atoms with E-state index >= 15 is 0 Å². The topological polar surface area (TPSA) is 58.0 Å². The molecule has 1 fully saturated rings. The third kappa shape index (κ3) is 3.42. The lowest BCUT2D eigenvalue weighted by atomic mass is 10.2. The quantitative estimate of drug-likeness (QED) is 0.735. The molecule has 3 aromatic heterocycles. The highest BCUT2D eigenvalue weighted by Gasteiger charge is 2.20. The number of hydrogen-bond donors (Lipinski definition) is 0. The maximum atomic E-state index is 4.63. The number of nitrogens with zero attached hydrogens (tertiary/aromatic N) is 6. The predicted molar refractivity (Wildman–Crippen MR) is 98.7 cm³/mol. The number of aromatic nitrogens is 4. The number of pyridine rings is 2. The van der Waals surface area contributed by atoms with Crippen LogP contribution in [0.3, 0.4) is 0 Å². The Kier molecular flexibility index (Phi) is 4.24. The second-order valence-corrected chi connectivity index (χ2v) is 6.04. The summed E-state index contributed by atoms with van der Waals surface area (Å²) in [7, 11) is 0. The molecule has 0 aromatic carbocycles. The Morgan fingerprint density at radius 1 is 0.720 bits per heavy atom. The first-order chi connectivity index (χ1) is 12.3. The summed E-state index contributed by atoms with van der Waals surface area (Å²) < 4.78 is 0. The highest BCUT2D eigenvalue weighted by atomic mass is 15.3. The van der Waals surface area contributed by atoms with Crippen LogP contribution in [0, 0.1) is 6.92 Å². The Morgan fingerprint density at radius 3 is 2.04 bits per heavy atom. The highest BCUT2D eigenvalue weighted by molar-refractivity contribution is 5.59. The van der Waals surface area contributed by atoms with E-state index in [1.54, 1.807) is 6.20 Å². The fourth-order valence-electron chi connectivity index (χ4n) is 3.06. The molecule has 6 nitrogen and oxygen atoms in total. The van der Waals surface area contributed by atoms with Crippen molar-refractivity contribution in [1.82, 2.24) is 19.9 Å². The molecule has 0 saturated carbocycles. The third-order valence-corrected chi connectivity index (χ3v) is 4.33. The van der Waals surface area contributed by atoms with Crippen LogP contribution in [-0.4, -0.2) is 46.1 Å². The molecule has 1 aliphatic heterocycles. The maximum absolute atomic E-state index is 4.63. The fourth-order valence-corrected chi connectivity index (χ4v) is 3.06. The lowest BCUT2D eigenvalue weighted by Crippen LogP contribution is -2.47. The first kappa shape index (κ1) is 15.5. The van der Waals surface area contributed by atoms with Crippen LogP contribution in [0.5, 0.6) is 0 Å². The van der Waals surface area contributed by atoms with E-state index in [4.69, 9.17) is 0 Å². The Hall–Kier alpha value is -3.02. The van der Waals surface area contributed by atoms with E-state index in [9.17, 15) is 0 Å². The average molecular weight is 332 g/mol. The summed E-state index contributed by atoms with van der Waals surface area (Å²) in [4.78, 5) is 22.6. The van der Waals surface area contributed by atoms with Gasteiger partial charge in [0.2, 0.25) is 0 Å². The second-order valence-electron chi connectivity index (χ2n) is 6.04. The van der Waals surface area contributed by atoms with E-state index in [0.29, 0.717) is 0 Å². The fraction of sp³-hybridized carbons (Fsp3) is 0.263. The van der Waals surface area contributed by atoms with Crippen LogP contribution >= 0.6 is 0 Å². The minimum atomic E-state index is 0.769. The Morgan fingerprint density at radius 2 is 1.40 bits per heavy atom. The Balaban J connectivity index is 1.52. The van der Waals surface area contributed by atoms with Crippen LogP contribution in [-0.2, 0) is 0 Å². The summed E-state index contributed by atoms with van der Waals surface area (Å²) in [5, 5.41) is 0. The molecule has 0 atom stereocenters. The second kappa shape index (κ2) is 6.84. The van der Waals surface area contributed by atoms with Gasteiger partial charge in [-0.2, -0.15) is 0 Å². The van der Waals surface area contributed by atoms with Crippen molar-refractivity contribution in [2.45, 2.75) is 6.92 Å². The molecular weight excluding hydrogens is 312 g/mol. The maximum Gasteiger partial charge on any atom is 0.133 e. The summed E-state index contributed by atoms with van der Waals surface area (Å²) in [6.07, 6.45) is 3.63. The molecule has 0 N–H and O–H groups in total.